The minimum atomic E-state index is -1.48. The molecule has 1 aliphatic heterocycles. The van der Waals surface area contributed by atoms with Crippen LogP contribution in [-0.2, 0) is 4.43 Å². The van der Waals surface area contributed by atoms with Crippen LogP contribution in [-0.4, -0.2) is 14.4 Å². The van der Waals surface area contributed by atoms with E-state index in [0.29, 0.717) is 6.10 Å². The van der Waals surface area contributed by atoms with Gasteiger partial charge in [0.25, 0.3) is 0 Å². The minimum Gasteiger partial charge on any atom is -0.410 e. The smallest absolute Gasteiger partial charge is 0.224 e. The summed E-state index contributed by atoms with van der Waals surface area (Å²) in [6.45, 7) is 4.30. The van der Waals surface area contributed by atoms with Gasteiger partial charge in [0.1, 0.15) is 0 Å². The summed E-state index contributed by atoms with van der Waals surface area (Å²) in [4.78, 5) is 0. The number of hydrogen-bond acceptors (Lipinski definition) is 1. The Morgan fingerprint density at radius 1 is 1.14 bits per heavy atom. The van der Waals surface area contributed by atoms with Crippen molar-refractivity contribution < 1.29 is 4.43 Å². The maximum Gasteiger partial charge on any atom is 0.224 e. The van der Waals surface area contributed by atoms with Gasteiger partial charge in [0.15, 0.2) is 0 Å². The van der Waals surface area contributed by atoms with Gasteiger partial charge in [-0.3, -0.25) is 0 Å². The topological polar surface area (TPSA) is 9.23 Å². The molecule has 0 spiro atoms. The molecule has 0 aromatic heterocycles. The van der Waals surface area contributed by atoms with Crippen LogP contribution in [0.5, 0.6) is 0 Å². The summed E-state index contributed by atoms with van der Waals surface area (Å²) < 4.78 is 6.20. The van der Waals surface area contributed by atoms with Crippen LogP contribution < -0.4 is 5.19 Å². The lowest BCUT2D eigenvalue weighted by atomic mass is 10.4. The van der Waals surface area contributed by atoms with Crippen LogP contribution in [0.2, 0.25) is 12.1 Å². The summed E-state index contributed by atoms with van der Waals surface area (Å²) in [6.07, 6.45) is 1.73. The molecule has 76 valence electrons. The molecule has 1 nitrogen and oxygen atoms in total. The molecule has 0 atom stereocenters. The molecule has 1 heterocycles. The van der Waals surface area contributed by atoms with Gasteiger partial charge in [0.2, 0.25) is 8.32 Å². The van der Waals surface area contributed by atoms with E-state index in [-0.39, 0.29) is 0 Å². The Bertz CT molecular complexity index is 290. The van der Waals surface area contributed by atoms with Crippen molar-refractivity contribution in [3.8, 4) is 0 Å². The molecular weight excluding hydrogens is 188 g/mol. The summed E-state index contributed by atoms with van der Waals surface area (Å²) in [5, 5.41) is 1.49. The standard InChI is InChI=1S/C12H18OSi/c1-11(2)13-14(9-6-10-14)12-7-4-3-5-8-12/h3-5,7-8,11H,6,9-10H2,1-2H3. The molecule has 1 aromatic rings. The van der Waals surface area contributed by atoms with Crippen LogP contribution in [0.4, 0.5) is 0 Å². The second kappa shape index (κ2) is 3.87. The Balaban J connectivity index is 2.20. The number of hydrogen-bond donors (Lipinski definition) is 0. The van der Waals surface area contributed by atoms with Gasteiger partial charge in [-0.25, -0.2) is 0 Å². The zero-order chi connectivity index (χ0) is 10.0. The lowest BCUT2D eigenvalue weighted by Gasteiger charge is -2.40. The van der Waals surface area contributed by atoms with Crippen molar-refractivity contribution in [2.24, 2.45) is 0 Å². The zero-order valence-electron chi connectivity index (χ0n) is 8.99. The highest BCUT2D eigenvalue weighted by Crippen LogP contribution is 2.33. The normalized spacial score (nSPS) is 19.4. The van der Waals surface area contributed by atoms with Gasteiger partial charge >= 0.3 is 0 Å². The number of benzene rings is 1. The highest BCUT2D eigenvalue weighted by atomic mass is 28.4. The van der Waals surface area contributed by atoms with Crippen LogP contribution in [0, 0.1) is 0 Å². The third-order valence-corrected chi connectivity index (χ3v) is 7.55. The van der Waals surface area contributed by atoms with E-state index in [4.69, 9.17) is 4.43 Å². The van der Waals surface area contributed by atoms with Gasteiger partial charge in [0.05, 0.1) is 0 Å². The lowest BCUT2D eigenvalue weighted by molar-refractivity contribution is 0.223. The van der Waals surface area contributed by atoms with Crippen molar-refractivity contribution in [2.45, 2.75) is 38.5 Å². The van der Waals surface area contributed by atoms with Gasteiger partial charge in [-0.1, -0.05) is 36.8 Å². The highest BCUT2D eigenvalue weighted by Gasteiger charge is 2.43. The molecule has 2 rings (SSSR count). The van der Waals surface area contributed by atoms with Crippen molar-refractivity contribution in [1.29, 1.82) is 0 Å². The molecule has 0 amide bonds. The molecule has 0 aliphatic carbocycles. The molecule has 1 aliphatic rings. The van der Waals surface area contributed by atoms with Crippen molar-refractivity contribution in [1.82, 2.24) is 0 Å². The fourth-order valence-corrected chi connectivity index (χ4v) is 5.81. The minimum absolute atomic E-state index is 0.377. The first-order valence-corrected chi connectivity index (χ1v) is 7.78. The third-order valence-electron chi connectivity index (χ3n) is 2.92. The van der Waals surface area contributed by atoms with Gasteiger partial charge in [-0.05, 0) is 31.1 Å². The first-order valence-electron chi connectivity index (χ1n) is 5.46. The molecular formula is C12H18OSi. The zero-order valence-corrected chi connectivity index (χ0v) is 9.99. The van der Waals surface area contributed by atoms with E-state index in [1.54, 1.807) is 0 Å². The maximum absolute atomic E-state index is 6.20. The van der Waals surface area contributed by atoms with Crippen LogP contribution in [0.1, 0.15) is 20.3 Å². The highest BCUT2D eigenvalue weighted by molar-refractivity contribution is 6.88. The monoisotopic (exact) mass is 206 g/mol. The summed E-state index contributed by atoms with van der Waals surface area (Å²) in [7, 11) is -1.48. The predicted octanol–water partition coefficient (Wildman–Crippen LogP) is 2.67. The summed E-state index contributed by atoms with van der Waals surface area (Å²) in [5.74, 6) is 0. The Morgan fingerprint density at radius 3 is 2.21 bits per heavy atom. The third kappa shape index (κ3) is 1.77. The van der Waals surface area contributed by atoms with Crippen LogP contribution >= 0.6 is 0 Å². The molecule has 0 unspecified atom stereocenters. The Morgan fingerprint density at radius 2 is 1.79 bits per heavy atom. The van der Waals surface area contributed by atoms with E-state index in [1.165, 1.54) is 23.7 Å². The molecule has 14 heavy (non-hydrogen) atoms. The average Bonchev–Trinajstić information content (AvgIpc) is 2.12. The van der Waals surface area contributed by atoms with Crippen molar-refractivity contribution >= 4 is 13.5 Å². The fourth-order valence-electron chi connectivity index (χ4n) is 2.17. The number of rotatable bonds is 3. The molecule has 0 saturated carbocycles. The fraction of sp³-hybridized carbons (Fsp3) is 0.500. The van der Waals surface area contributed by atoms with Crippen LogP contribution in [0.25, 0.3) is 0 Å². The van der Waals surface area contributed by atoms with Crippen molar-refractivity contribution in [3.05, 3.63) is 30.3 Å². The second-order valence-corrected chi connectivity index (χ2v) is 8.18. The first kappa shape index (κ1) is 9.93. The molecule has 1 fully saturated rings. The van der Waals surface area contributed by atoms with Crippen molar-refractivity contribution in [3.63, 3.8) is 0 Å². The van der Waals surface area contributed by atoms with E-state index in [9.17, 15) is 0 Å². The van der Waals surface area contributed by atoms with E-state index in [1.807, 2.05) is 0 Å². The first-order chi connectivity index (χ1) is 6.73. The molecule has 1 aromatic carbocycles. The van der Waals surface area contributed by atoms with Crippen LogP contribution in [0.3, 0.4) is 0 Å². The molecule has 1 saturated heterocycles. The summed E-state index contributed by atoms with van der Waals surface area (Å²) in [5.41, 5.74) is 0. The van der Waals surface area contributed by atoms with E-state index < -0.39 is 8.32 Å². The molecule has 0 radical (unpaired) electrons. The summed E-state index contributed by atoms with van der Waals surface area (Å²) >= 11 is 0. The lowest BCUT2D eigenvalue weighted by Crippen LogP contribution is -2.57. The maximum atomic E-state index is 6.20. The van der Waals surface area contributed by atoms with E-state index in [2.05, 4.69) is 44.2 Å². The Labute approximate surface area is 87.2 Å². The predicted molar refractivity (Wildman–Crippen MR) is 62.3 cm³/mol. The average molecular weight is 206 g/mol. The van der Waals surface area contributed by atoms with E-state index in [0.717, 1.165) is 0 Å². The molecule has 2 heteroatoms. The Kier molecular flexibility index (Phi) is 2.75. The quantitative estimate of drug-likeness (QED) is 0.691. The van der Waals surface area contributed by atoms with Crippen molar-refractivity contribution in [2.75, 3.05) is 0 Å². The SMILES string of the molecule is CC(C)O[Si]1(c2ccccc2)CCC1. The Hall–Kier alpha value is -0.603. The van der Waals surface area contributed by atoms with E-state index >= 15 is 0 Å². The van der Waals surface area contributed by atoms with Crippen LogP contribution in [0.15, 0.2) is 30.3 Å². The summed E-state index contributed by atoms with van der Waals surface area (Å²) in [6, 6.07) is 13.5. The molecule has 0 bridgehead atoms. The van der Waals surface area contributed by atoms with Gasteiger partial charge in [0, 0.05) is 6.10 Å². The largest absolute Gasteiger partial charge is 0.410 e. The van der Waals surface area contributed by atoms with Gasteiger partial charge in [-0.15, -0.1) is 0 Å². The molecule has 0 N–H and O–H groups in total. The van der Waals surface area contributed by atoms with Gasteiger partial charge < -0.3 is 4.43 Å². The second-order valence-electron chi connectivity index (χ2n) is 4.38. The van der Waals surface area contributed by atoms with Gasteiger partial charge in [-0.2, -0.15) is 0 Å².